The van der Waals surface area contributed by atoms with Crippen molar-refractivity contribution >= 4 is 10.9 Å². The molecule has 0 aromatic carbocycles. The van der Waals surface area contributed by atoms with Crippen molar-refractivity contribution in [3.63, 3.8) is 0 Å². The first-order valence-electron chi connectivity index (χ1n) is 5.58. The molecule has 86 valence electrons. The molecule has 0 spiro atoms. The molecule has 0 radical (unpaired) electrons. The van der Waals surface area contributed by atoms with E-state index in [4.69, 9.17) is 0 Å². The van der Waals surface area contributed by atoms with Crippen molar-refractivity contribution in [1.29, 1.82) is 0 Å². The lowest BCUT2D eigenvalue weighted by molar-refractivity contribution is 0.358. The number of nitrogens with zero attached hydrogens (tertiary/aromatic N) is 1. The molecule has 0 fully saturated rings. The first kappa shape index (κ1) is 11.0. The van der Waals surface area contributed by atoms with E-state index < -0.39 is 0 Å². The highest BCUT2D eigenvalue weighted by Gasteiger charge is 2.07. The molecule has 0 aliphatic carbocycles. The highest BCUT2D eigenvalue weighted by molar-refractivity contribution is 5.81. The van der Waals surface area contributed by atoms with Gasteiger partial charge in [-0.15, -0.1) is 0 Å². The molecule has 4 nitrogen and oxygen atoms in total. The van der Waals surface area contributed by atoms with Crippen LogP contribution in [-0.2, 0) is 6.42 Å². The third-order valence-corrected chi connectivity index (χ3v) is 2.99. The van der Waals surface area contributed by atoms with Gasteiger partial charge in [-0.2, -0.15) is 0 Å². The van der Waals surface area contributed by atoms with Gasteiger partial charge in [0.25, 0.3) is 5.56 Å². The molecule has 2 N–H and O–H groups in total. The van der Waals surface area contributed by atoms with Crippen LogP contribution in [0.1, 0.15) is 12.5 Å². The molecule has 0 saturated carbocycles. The van der Waals surface area contributed by atoms with Crippen molar-refractivity contribution in [2.75, 3.05) is 20.1 Å². The summed E-state index contributed by atoms with van der Waals surface area (Å²) in [6.45, 7) is 4.12. The third-order valence-electron chi connectivity index (χ3n) is 2.99. The lowest BCUT2D eigenvalue weighted by Gasteiger charge is -2.12. The summed E-state index contributed by atoms with van der Waals surface area (Å²) in [4.78, 5) is 19.8. The number of fused-ring (bicyclic) bond motifs is 1. The molecule has 0 aliphatic rings. The first-order valence-corrected chi connectivity index (χ1v) is 5.58. The molecule has 2 aromatic heterocycles. The highest BCUT2D eigenvalue weighted by atomic mass is 16.1. The van der Waals surface area contributed by atoms with Gasteiger partial charge in [-0.1, -0.05) is 6.92 Å². The predicted molar refractivity (Wildman–Crippen MR) is 65.8 cm³/mol. The van der Waals surface area contributed by atoms with Crippen LogP contribution in [0.3, 0.4) is 0 Å². The number of rotatable bonds is 4. The van der Waals surface area contributed by atoms with Crippen molar-refractivity contribution in [1.82, 2.24) is 14.9 Å². The molecular formula is C12H17N3O. The molecule has 0 bridgehead atoms. The van der Waals surface area contributed by atoms with E-state index in [9.17, 15) is 4.79 Å². The van der Waals surface area contributed by atoms with Crippen LogP contribution in [0, 0.1) is 0 Å². The molecule has 0 atom stereocenters. The first-order chi connectivity index (χ1) is 7.72. The summed E-state index contributed by atoms with van der Waals surface area (Å²) in [5, 5.41) is 0.798. The van der Waals surface area contributed by atoms with Gasteiger partial charge in [-0.3, -0.25) is 4.79 Å². The van der Waals surface area contributed by atoms with Crippen LogP contribution in [0.15, 0.2) is 23.3 Å². The fraction of sp³-hybridized carbons (Fsp3) is 0.417. The number of nitrogens with one attached hydrogen (secondary N) is 2. The van der Waals surface area contributed by atoms with Gasteiger partial charge >= 0.3 is 0 Å². The van der Waals surface area contributed by atoms with Crippen LogP contribution in [0.25, 0.3) is 10.9 Å². The fourth-order valence-electron chi connectivity index (χ4n) is 1.82. The van der Waals surface area contributed by atoms with Gasteiger partial charge in [0.1, 0.15) is 0 Å². The maximum atomic E-state index is 11.7. The normalized spacial score (nSPS) is 11.4. The van der Waals surface area contributed by atoms with Gasteiger partial charge in [0.05, 0.1) is 10.9 Å². The topological polar surface area (TPSA) is 51.9 Å². The zero-order chi connectivity index (χ0) is 11.5. The van der Waals surface area contributed by atoms with E-state index >= 15 is 0 Å². The summed E-state index contributed by atoms with van der Waals surface area (Å²) in [5.41, 5.74) is 2.00. The number of aromatic nitrogens is 2. The summed E-state index contributed by atoms with van der Waals surface area (Å²) >= 11 is 0. The predicted octanol–water partition coefficient (Wildman–Crippen LogP) is 1.35. The van der Waals surface area contributed by atoms with Gasteiger partial charge in [0.15, 0.2) is 0 Å². The Labute approximate surface area is 94.3 Å². The van der Waals surface area contributed by atoms with Crippen molar-refractivity contribution in [2.45, 2.75) is 13.3 Å². The van der Waals surface area contributed by atoms with E-state index in [1.54, 1.807) is 6.20 Å². The fourth-order valence-corrected chi connectivity index (χ4v) is 1.82. The zero-order valence-electron chi connectivity index (χ0n) is 9.71. The Balaban J connectivity index is 2.28. The van der Waals surface area contributed by atoms with Crippen molar-refractivity contribution < 1.29 is 0 Å². The molecule has 2 aromatic rings. The van der Waals surface area contributed by atoms with E-state index in [0.29, 0.717) is 0 Å². The van der Waals surface area contributed by atoms with Crippen LogP contribution in [-0.4, -0.2) is 35.0 Å². The zero-order valence-corrected chi connectivity index (χ0v) is 9.71. The van der Waals surface area contributed by atoms with Gasteiger partial charge in [0, 0.05) is 18.9 Å². The maximum Gasteiger partial charge on any atom is 0.257 e. The van der Waals surface area contributed by atoms with Gasteiger partial charge in [-0.05, 0) is 31.6 Å². The molecule has 16 heavy (non-hydrogen) atoms. The molecule has 2 rings (SSSR count). The number of H-pyrrole nitrogens is 2. The Morgan fingerprint density at radius 1 is 1.38 bits per heavy atom. The van der Waals surface area contributed by atoms with Gasteiger partial charge in [-0.25, -0.2) is 0 Å². The van der Waals surface area contributed by atoms with Crippen molar-refractivity contribution in [3.05, 3.63) is 34.4 Å². The molecule has 2 heterocycles. The minimum atomic E-state index is -0.00657. The summed E-state index contributed by atoms with van der Waals surface area (Å²) < 4.78 is 0. The van der Waals surface area contributed by atoms with Crippen LogP contribution in [0.4, 0.5) is 0 Å². The third kappa shape index (κ3) is 2.02. The number of hydrogen-bond acceptors (Lipinski definition) is 2. The van der Waals surface area contributed by atoms with Gasteiger partial charge < -0.3 is 14.9 Å². The average molecular weight is 219 g/mol. The van der Waals surface area contributed by atoms with Crippen LogP contribution in [0.2, 0.25) is 0 Å². The largest absolute Gasteiger partial charge is 0.361 e. The standard InChI is InChI=1S/C12H17N3O/c1-3-15(2)7-5-9-8-14-10-4-6-13-12(16)11(9)10/h4,6,8,14H,3,5,7H2,1-2H3,(H,13,16). The summed E-state index contributed by atoms with van der Waals surface area (Å²) in [6.07, 6.45) is 4.50. The quantitative estimate of drug-likeness (QED) is 0.815. The number of likely N-dealkylation sites (N-methyl/N-ethyl adjacent to an activating group) is 1. The average Bonchev–Trinajstić information content (AvgIpc) is 2.70. The number of hydrogen-bond donors (Lipinski definition) is 2. The Morgan fingerprint density at radius 2 is 2.19 bits per heavy atom. The summed E-state index contributed by atoms with van der Waals surface area (Å²) in [5.74, 6) is 0. The Bertz CT molecular complexity index is 526. The number of pyridine rings is 1. The minimum Gasteiger partial charge on any atom is -0.361 e. The molecule has 0 aliphatic heterocycles. The van der Waals surface area contributed by atoms with E-state index in [0.717, 1.165) is 36.0 Å². The summed E-state index contributed by atoms with van der Waals surface area (Å²) in [7, 11) is 2.08. The molecule has 4 heteroatoms. The number of aromatic amines is 2. The van der Waals surface area contributed by atoms with Gasteiger partial charge in [0.2, 0.25) is 0 Å². The lowest BCUT2D eigenvalue weighted by atomic mass is 10.1. The second-order valence-electron chi connectivity index (χ2n) is 4.06. The maximum absolute atomic E-state index is 11.7. The highest BCUT2D eigenvalue weighted by Crippen LogP contribution is 2.13. The van der Waals surface area contributed by atoms with Crippen LogP contribution < -0.4 is 5.56 Å². The van der Waals surface area contributed by atoms with E-state index in [-0.39, 0.29) is 5.56 Å². The van der Waals surface area contributed by atoms with Crippen molar-refractivity contribution in [2.24, 2.45) is 0 Å². The van der Waals surface area contributed by atoms with E-state index in [1.165, 1.54) is 0 Å². The second-order valence-corrected chi connectivity index (χ2v) is 4.06. The minimum absolute atomic E-state index is 0.00657. The van der Waals surface area contributed by atoms with Crippen LogP contribution >= 0.6 is 0 Å². The molecule has 0 saturated heterocycles. The van der Waals surface area contributed by atoms with Crippen molar-refractivity contribution in [3.8, 4) is 0 Å². The Hall–Kier alpha value is -1.55. The second kappa shape index (κ2) is 4.53. The van der Waals surface area contributed by atoms with E-state index in [2.05, 4.69) is 28.8 Å². The Kier molecular flexibility index (Phi) is 3.10. The summed E-state index contributed by atoms with van der Waals surface area (Å²) in [6, 6.07) is 1.89. The molecule has 0 amide bonds. The monoisotopic (exact) mass is 219 g/mol. The molecule has 0 unspecified atom stereocenters. The van der Waals surface area contributed by atoms with Crippen LogP contribution in [0.5, 0.6) is 0 Å². The molecular weight excluding hydrogens is 202 g/mol. The smallest absolute Gasteiger partial charge is 0.257 e. The SMILES string of the molecule is CCN(C)CCc1c[nH]c2cc[nH]c(=O)c12. The Morgan fingerprint density at radius 3 is 2.94 bits per heavy atom. The van der Waals surface area contributed by atoms with E-state index in [1.807, 2.05) is 12.3 Å². The lowest BCUT2D eigenvalue weighted by Crippen LogP contribution is -2.20.